The van der Waals surface area contributed by atoms with E-state index >= 15 is 0 Å². The van der Waals surface area contributed by atoms with Crippen LogP contribution in [0.2, 0.25) is 0 Å². The van der Waals surface area contributed by atoms with Gasteiger partial charge in [-0.2, -0.15) is 16.8 Å². The number of amides is 4. The molecule has 35 atom stereocenters. The molecule has 7 saturated heterocycles. The predicted molar refractivity (Wildman–Crippen MR) is 299 cm³/mol. The van der Waals surface area contributed by atoms with E-state index in [2.05, 4.69) is 29.6 Å². The molecule has 4 amide bonds. The molecule has 0 aromatic rings. The molecule has 0 spiro atoms. The van der Waals surface area contributed by atoms with Crippen LogP contribution in [0.15, 0.2) is 0 Å². The van der Waals surface area contributed by atoms with Crippen molar-refractivity contribution in [3.63, 3.8) is 0 Å². The second-order valence-corrected chi connectivity index (χ2v) is 25.8. The highest BCUT2D eigenvalue weighted by Crippen LogP contribution is 2.38. The summed E-state index contributed by atoms with van der Waals surface area (Å²) in [4.78, 5) is 49.8. The molecule has 7 rings (SSSR count). The molecule has 48 heteroatoms. The number of aliphatic hydroxyl groups excluding tert-OH is 17. The van der Waals surface area contributed by atoms with Crippen LogP contribution >= 0.6 is 0 Å². The molecule has 0 unspecified atom stereocenters. The number of hydrogen-bond acceptors (Lipinski definition) is 40. The van der Waals surface area contributed by atoms with E-state index < -0.39 is 305 Å². The zero-order valence-corrected chi connectivity index (χ0v) is 53.5. The van der Waals surface area contributed by atoms with Crippen LogP contribution in [-0.4, -0.2) is 397 Å². The smallest absolute Gasteiger partial charge is 0.394 e. The summed E-state index contributed by atoms with van der Waals surface area (Å²) in [5.41, 5.74) is 0. The lowest BCUT2D eigenvalue weighted by Crippen LogP contribution is -2.70. The van der Waals surface area contributed by atoms with E-state index in [0.29, 0.717) is 0 Å². The molecule has 0 bridgehead atoms. The molecular weight excluding hydrogens is 1390 g/mol. The van der Waals surface area contributed by atoms with Crippen molar-refractivity contribution < 1.29 is 202 Å². The Morgan fingerprint density at radius 1 is 0.316 bits per heavy atom. The van der Waals surface area contributed by atoms with Crippen LogP contribution in [0.1, 0.15) is 27.7 Å². The molecule has 0 aromatic heterocycles. The molecule has 7 fully saturated rings. The highest BCUT2D eigenvalue weighted by Gasteiger charge is 2.59. The second-order valence-electron chi connectivity index (χ2n) is 23.6. The summed E-state index contributed by atoms with van der Waals surface area (Å²) in [6.07, 6.45) is -66.8. The minimum atomic E-state index is -5.29. The van der Waals surface area contributed by atoms with Gasteiger partial charge in [0.15, 0.2) is 44.0 Å². The molecule has 23 N–H and O–H groups in total. The molecule has 0 aliphatic carbocycles. The van der Waals surface area contributed by atoms with Crippen LogP contribution in [0.3, 0.4) is 0 Å². The maximum atomic E-state index is 12.9. The van der Waals surface area contributed by atoms with Gasteiger partial charge in [-0.25, -0.2) is 8.37 Å². The van der Waals surface area contributed by atoms with Gasteiger partial charge in [0.1, 0.15) is 171 Å². The van der Waals surface area contributed by atoms with Gasteiger partial charge in [-0.15, -0.1) is 0 Å². The van der Waals surface area contributed by atoms with Gasteiger partial charge in [-0.05, 0) is 0 Å². The van der Waals surface area contributed by atoms with Crippen LogP contribution in [0.4, 0.5) is 0 Å². The summed E-state index contributed by atoms with van der Waals surface area (Å²) < 4.78 is 150. The van der Waals surface area contributed by atoms with Gasteiger partial charge in [0.2, 0.25) is 23.6 Å². The number of rotatable bonds is 27. The first kappa shape index (κ1) is 81.7. The van der Waals surface area contributed by atoms with Gasteiger partial charge in [0.05, 0.1) is 46.2 Å². The first-order valence-electron chi connectivity index (χ1n) is 29.9. The topological polar surface area (TPSA) is 708 Å². The standard InChI is InChI=1S/C50H84N4O42S2/c1-12(59)51-23-34(70)39(18(7-57)85-44(23)75)92-47-26(54-15(4)62)35(71)40(19(8-58)88-47)93-48-38(74)41(94-50-43(37(73)28(64)17(6-56)87-50)96-46-25(53-14(3)61)33(69)30(66)22(90-46)11-84-98(79,80)81)31(67)20(91-48)9-82-49-42(36(72)27(63)16(5-55)86-49)95-45-24(52-13(2)60)32(68)29(65)21(89-45)10-83-97(76,77)78/h16-50,55-58,63-75H,5-11H2,1-4H3,(H,51,59)(H,52,60)(H,53,61)(H,54,62)(H,76,77,78)(H,79,80,81)/t16-,17-,18-,19-,20-,21-,22-,23-,24-,25-,26-,27-,28-,29-,30-,31-,32-,33-,34-,35-,36+,37+,38+,39-,40-,41+,42+,43+,44-,45+,46+,47+,48+,49+,50-/m1/s1. The van der Waals surface area contributed by atoms with Gasteiger partial charge in [-0.3, -0.25) is 28.3 Å². The second kappa shape index (κ2) is 34.8. The van der Waals surface area contributed by atoms with Gasteiger partial charge < -0.3 is 170 Å². The van der Waals surface area contributed by atoms with E-state index in [9.17, 15) is 132 Å². The van der Waals surface area contributed by atoms with Crippen molar-refractivity contribution in [2.75, 3.05) is 46.2 Å². The van der Waals surface area contributed by atoms with E-state index in [4.69, 9.17) is 61.6 Å². The zero-order valence-electron chi connectivity index (χ0n) is 51.9. The Hall–Kier alpha value is -3.58. The average molecular weight is 1480 g/mol. The monoisotopic (exact) mass is 1480 g/mol. The third-order valence-electron chi connectivity index (χ3n) is 16.5. The van der Waals surface area contributed by atoms with Crippen LogP contribution in [-0.2, 0) is 110 Å². The third kappa shape index (κ3) is 19.8. The lowest BCUT2D eigenvalue weighted by atomic mass is 9.93. The number of aliphatic hydroxyl groups is 17. The predicted octanol–water partition coefficient (Wildman–Crippen LogP) is -16.0. The minimum absolute atomic E-state index is 0.786. The van der Waals surface area contributed by atoms with Gasteiger partial charge in [-0.1, -0.05) is 0 Å². The van der Waals surface area contributed by atoms with E-state index in [-0.39, 0.29) is 0 Å². The third-order valence-corrected chi connectivity index (χ3v) is 17.4. The number of carbonyl (C=O) groups excluding carboxylic acids is 4. The Morgan fingerprint density at radius 3 is 1.04 bits per heavy atom. The van der Waals surface area contributed by atoms with E-state index in [0.717, 1.165) is 27.7 Å². The molecule has 568 valence electrons. The molecule has 46 nitrogen and oxygen atoms in total. The van der Waals surface area contributed by atoms with Gasteiger partial charge >= 0.3 is 20.8 Å². The Morgan fingerprint density at radius 2 is 0.622 bits per heavy atom. The number of carbonyl (C=O) groups is 4. The fourth-order valence-corrected chi connectivity index (χ4v) is 12.4. The first-order valence-corrected chi connectivity index (χ1v) is 32.6. The van der Waals surface area contributed by atoms with Crippen molar-refractivity contribution in [1.82, 2.24) is 21.3 Å². The molecule has 7 aliphatic rings. The van der Waals surface area contributed by atoms with Crippen molar-refractivity contribution in [2.45, 2.75) is 242 Å². The average Bonchev–Trinajstić information content (AvgIpc) is 0.779. The molecule has 0 saturated carbocycles. The van der Waals surface area contributed by atoms with E-state index in [1.54, 1.807) is 0 Å². The summed E-state index contributed by atoms with van der Waals surface area (Å²) in [5, 5.41) is 199. The Labute approximate surface area is 554 Å². The lowest BCUT2D eigenvalue weighted by molar-refractivity contribution is -0.396. The maximum absolute atomic E-state index is 12.9. The van der Waals surface area contributed by atoms with Crippen LogP contribution in [0.5, 0.6) is 0 Å². The number of ether oxygens (including phenoxy) is 13. The van der Waals surface area contributed by atoms with E-state index in [1.165, 1.54) is 0 Å². The summed E-state index contributed by atoms with van der Waals surface area (Å²) in [5.74, 6) is -3.61. The van der Waals surface area contributed by atoms with Crippen molar-refractivity contribution in [1.29, 1.82) is 0 Å². The normalized spacial score (nSPS) is 45.0. The largest absolute Gasteiger partial charge is 0.397 e. The van der Waals surface area contributed by atoms with Gasteiger partial charge in [0.25, 0.3) is 0 Å². The van der Waals surface area contributed by atoms with Crippen molar-refractivity contribution in [3.8, 4) is 0 Å². The molecule has 0 radical (unpaired) electrons. The molecular formula is C50H84N4O42S2. The Kier molecular flexibility index (Phi) is 29.0. The summed E-state index contributed by atoms with van der Waals surface area (Å²) in [6, 6.07) is -7.36. The zero-order chi connectivity index (χ0) is 72.9. The summed E-state index contributed by atoms with van der Waals surface area (Å²) in [7, 11) is -10.6. The molecule has 7 heterocycles. The Balaban J connectivity index is 1.27. The highest BCUT2D eigenvalue weighted by atomic mass is 32.3. The quantitative estimate of drug-likeness (QED) is 0.0340. The van der Waals surface area contributed by atoms with Crippen molar-refractivity contribution in [3.05, 3.63) is 0 Å². The number of nitrogens with one attached hydrogen (secondary N) is 4. The maximum Gasteiger partial charge on any atom is 0.397 e. The van der Waals surface area contributed by atoms with Gasteiger partial charge in [0, 0.05) is 27.7 Å². The fraction of sp³-hybridized carbons (Fsp3) is 0.920. The first-order chi connectivity index (χ1) is 45.8. The van der Waals surface area contributed by atoms with Crippen LogP contribution < -0.4 is 21.3 Å². The highest BCUT2D eigenvalue weighted by molar-refractivity contribution is 7.81. The minimum Gasteiger partial charge on any atom is -0.394 e. The lowest BCUT2D eigenvalue weighted by Gasteiger charge is -2.51. The number of hydrogen-bond donors (Lipinski definition) is 23. The SMILES string of the molecule is CC(=O)N[C@@H]1[C@@H](O)[C@H](O[C@@H]2O[C@H](CO)[C@@H](O[C@@H]3O[C@H](CO[C@H]4O[C@H](CO)[C@@H](O)[C@H](O)[C@@H]4O[C@@H]4O[C@H](COS(=O)(=O)O)[C@@H](O)[C@H](O)[C@H]4NC(C)=O)[C@@H](O)[C@H](O[C@H]4O[C@H](CO)[C@@H](O)[C@H](O)[C@@H]4O[C@@H]4O[C@H](COS(=O)(=O)O)[C@@H](O)[C@H](O)[C@H]4NC(C)=O)[C@@H]3O)[C@H](O)[C@H]2NC(C)=O)[C@@H](CO)O[C@H]1O. The Bertz CT molecular complexity index is 2850. The van der Waals surface area contributed by atoms with E-state index in [1.807, 2.05) is 0 Å². The fourth-order valence-electron chi connectivity index (χ4n) is 11.8. The van der Waals surface area contributed by atoms with Crippen molar-refractivity contribution in [2.24, 2.45) is 0 Å². The summed E-state index contributed by atoms with van der Waals surface area (Å²) in [6.45, 7) is -4.43. The molecule has 0 aromatic carbocycles. The van der Waals surface area contributed by atoms with Crippen molar-refractivity contribution >= 4 is 44.4 Å². The van der Waals surface area contributed by atoms with Crippen LogP contribution in [0.25, 0.3) is 0 Å². The van der Waals surface area contributed by atoms with Crippen LogP contribution in [0, 0.1) is 0 Å². The molecule has 98 heavy (non-hydrogen) atoms. The molecule has 7 aliphatic heterocycles. The summed E-state index contributed by atoms with van der Waals surface area (Å²) >= 11 is 0.